The Bertz CT molecular complexity index is 621. The number of aromatic nitrogens is 2. The molecule has 2 rings (SSSR count). The van der Waals surface area contributed by atoms with Gasteiger partial charge < -0.3 is 4.74 Å². The first-order valence-corrected chi connectivity index (χ1v) is 7.17. The number of H-pyrrole nitrogens is 1. The lowest BCUT2D eigenvalue weighted by atomic mass is 10.1. The van der Waals surface area contributed by atoms with Crippen molar-refractivity contribution in [3.8, 4) is 5.75 Å². The Kier molecular flexibility index (Phi) is 3.87. The molecule has 2 N–H and O–H groups in total. The molecule has 1 aromatic carbocycles. The lowest BCUT2D eigenvalue weighted by Crippen LogP contribution is -2.27. The summed E-state index contributed by atoms with van der Waals surface area (Å²) < 4.78 is 31.6. The first-order chi connectivity index (χ1) is 9.03. The van der Waals surface area contributed by atoms with Crippen LogP contribution in [0, 0.1) is 0 Å². The molecule has 1 heterocycles. The van der Waals surface area contributed by atoms with Crippen LogP contribution in [0.4, 0.5) is 0 Å². The predicted octanol–water partition coefficient (Wildman–Crippen LogP) is 1.46. The monoisotopic (exact) mass is 281 g/mol. The fourth-order valence-electron chi connectivity index (χ4n) is 1.65. The summed E-state index contributed by atoms with van der Waals surface area (Å²) in [5.74, 6) is 0.729. The van der Waals surface area contributed by atoms with Crippen LogP contribution >= 0.6 is 0 Å². The van der Waals surface area contributed by atoms with Crippen LogP contribution in [0.15, 0.2) is 41.6 Å². The molecule has 2 aromatic rings. The number of hydrogen-bond acceptors (Lipinski definition) is 4. The van der Waals surface area contributed by atoms with Gasteiger partial charge in [-0.2, -0.15) is 5.10 Å². The van der Waals surface area contributed by atoms with E-state index in [9.17, 15) is 8.42 Å². The normalized spacial score (nSPS) is 13.2. The number of nitrogens with one attached hydrogen (secondary N) is 2. The highest BCUT2D eigenvalue weighted by Gasteiger charge is 2.19. The molecule has 19 heavy (non-hydrogen) atoms. The lowest BCUT2D eigenvalue weighted by molar-refractivity contribution is 0.414. The van der Waals surface area contributed by atoms with Gasteiger partial charge in [0.1, 0.15) is 5.75 Å². The van der Waals surface area contributed by atoms with Gasteiger partial charge in [-0.15, -0.1) is 0 Å². The molecule has 0 bridgehead atoms. The van der Waals surface area contributed by atoms with E-state index in [0.717, 1.165) is 11.3 Å². The minimum Gasteiger partial charge on any atom is -0.497 e. The molecule has 0 radical (unpaired) electrons. The second kappa shape index (κ2) is 5.41. The van der Waals surface area contributed by atoms with E-state index in [1.54, 1.807) is 26.2 Å². The number of rotatable bonds is 5. The second-order valence-corrected chi connectivity index (χ2v) is 5.72. The summed E-state index contributed by atoms with van der Waals surface area (Å²) in [6.45, 7) is 1.77. The third-order valence-corrected chi connectivity index (χ3v) is 4.18. The molecule has 1 aromatic heterocycles. The van der Waals surface area contributed by atoms with E-state index in [0.29, 0.717) is 0 Å². The molecule has 0 saturated carbocycles. The van der Waals surface area contributed by atoms with Gasteiger partial charge >= 0.3 is 0 Å². The average molecular weight is 281 g/mol. The third kappa shape index (κ3) is 3.12. The smallest absolute Gasteiger partial charge is 0.258 e. The SMILES string of the molecule is COc1ccc(C(C)NS(=O)(=O)c2ccn[nH]2)cc1. The van der Waals surface area contributed by atoms with Crippen molar-refractivity contribution >= 4 is 10.0 Å². The Morgan fingerprint density at radius 1 is 1.26 bits per heavy atom. The molecule has 0 fully saturated rings. The van der Waals surface area contributed by atoms with Gasteiger partial charge in [0.25, 0.3) is 10.0 Å². The van der Waals surface area contributed by atoms with Gasteiger partial charge in [-0.3, -0.25) is 5.10 Å². The topological polar surface area (TPSA) is 84.1 Å². The fraction of sp³-hybridized carbons (Fsp3) is 0.250. The fourth-order valence-corrected chi connectivity index (χ4v) is 2.79. The maximum Gasteiger partial charge on any atom is 0.258 e. The zero-order valence-corrected chi connectivity index (χ0v) is 11.4. The minimum absolute atomic E-state index is 0.0489. The third-order valence-electron chi connectivity index (χ3n) is 2.71. The van der Waals surface area contributed by atoms with Gasteiger partial charge in [0.15, 0.2) is 5.03 Å². The highest BCUT2D eigenvalue weighted by Crippen LogP contribution is 2.19. The van der Waals surface area contributed by atoms with Crippen LogP contribution in [0.5, 0.6) is 5.75 Å². The van der Waals surface area contributed by atoms with Gasteiger partial charge in [0.2, 0.25) is 0 Å². The Hall–Kier alpha value is -1.86. The number of hydrogen-bond donors (Lipinski definition) is 2. The maximum atomic E-state index is 12.0. The maximum absolute atomic E-state index is 12.0. The van der Waals surface area contributed by atoms with E-state index in [-0.39, 0.29) is 11.1 Å². The van der Waals surface area contributed by atoms with Crippen LogP contribution in [0.25, 0.3) is 0 Å². The van der Waals surface area contributed by atoms with Crippen LogP contribution < -0.4 is 9.46 Å². The largest absolute Gasteiger partial charge is 0.497 e. The van der Waals surface area contributed by atoms with Crippen molar-refractivity contribution in [1.82, 2.24) is 14.9 Å². The van der Waals surface area contributed by atoms with Gasteiger partial charge in [-0.25, -0.2) is 13.1 Å². The van der Waals surface area contributed by atoms with Crippen LogP contribution in [-0.2, 0) is 10.0 Å². The first kappa shape index (κ1) is 13.6. The standard InChI is InChI=1S/C12H15N3O3S/c1-9(10-3-5-11(18-2)6-4-10)15-19(16,17)12-7-8-13-14-12/h3-9,15H,1-2H3,(H,13,14). The minimum atomic E-state index is -3.58. The highest BCUT2D eigenvalue weighted by molar-refractivity contribution is 7.89. The molecule has 0 aliphatic rings. The summed E-state index contributed by atoms with van der Waals surface area (Å²) >= 11 is 0. The molecule has 0 amide bonds. The van der Waals surface area contributed by atoms with Crippen LogP contribution in [0.2, 0.25) is 0 Å². The number of ether oxygens (including phenoxy) is 1. The molecular formula is C12H15N3O3S. The molecule has 1 unspecified atom stereocenters. The first-order valence-electron chi connectivity index (χ1n) is 5.68. The van der Waals surface area contributed by atoms with E-state index in [2.05, 4.69) is 14.9 Å². The van der Waals surface area contributed by atoms with Crippen molar-refractivity contribution in [2.75, 3.05) is 7.11 Å². The van der Waals surface area contributed by atoms with Gasteiger partial charge in [-0.1, -0.05) is 12.1 Å². The Balaban J connectivity index is 2.14. The van der Waals surface area contributed by atoms with E-state index in [1.165, 1.54) is 12.3 Å². The summed E-state index contributed by atoms with van der Waals surface area (Å²) in [6, 6.07) is 8.27. The summed E-state index contributed by atoms with van der Waals surface area (Å²) in [5.41, 5.74) is 0.851. The van der Waals surface area contributed by atoms with Crippen molar-refractivity contribution < 1.29 is 13.2 Å². The summed E-state index contributed by atoms with van der Waals surface area (Å²) in [6.07, 6.45) is 1.40. The van der Waals surface area contributed by atoms with Crippen molar-refractivity contribution in [3.05, 3.63) is 42.1 Å². The second-order valence-electron chi connectivity index (χ2n) is 4.04. The molecule has 0 spiro atoms. The lowest BCUT2D eigenvalue weighted by Gasteiger charge is -2.14. The summed E-state index contributed by atoms with van der Waals surface area (Å²) in [5, 5.41) is 6.11. The molecule has 102 valence electrons. The number of nitrogens with zero attached hydrogens (tertiary/aromatic N) is 1. The molecule has 6 nitrogen and oxygen atoms in total. The predicted molar refractivity (Wildman–Crippen MR) is 70.3 cm³/mol. The van der Waals surface area contributed by atoms with E-state index < -0.39 is 10.0 Å². The number of sulfonamides is 1. The van der Waals surface area contributed by atoms with Crippen molar-refractivity contribution in [3.63, 3.8) is 0 Å². The van der Waals surface area contributed by atoms with E-state index in [1.807, 2.05) is 12.1 Å². The van der Waals surface area contributed by atoms with Crippen molar-refractivity contribution in [2.45, 2.75) is 18.0 Å². The quantitative estimate of drug-likeness (QED) is 0.869. The zero-order chi connectivity index (χ0) is 13.9. The Morgan fingerprint density at radius 3 is 2.47 bits per heavy atom. The Labute approximate surface area is 111 Å². The van der Waals surface area contributed by atoms with Crippen molar-refractivity contribution in [2.24, 2.45) is 0 Å². The highest BCUT2D eigenvalue weighted by atomic mass is 32.2. The molecular weight excluding hydrogens is 266 g/mol. The molecule has 0 aliphatic heterocycles. The number of aromatic amines is 1. The van der Waals surface area contributed by atoms with Gasteiger partial charge in [-0.05, 0) is 30.7 Å². The van der Waals surface area contributed by atoms with E-state index >= 15 is 0 Å². The van der Waals surface area contributed by atoms with Gasteiger partial charge in [0.05, 0.1) is 13.3 Å². The van der Waals surface area contributed by atoms with E-state index in [4.69, 9.17) is 4.74 Å². The summed E-state index contributed by atoms with van der Waals surface area (Å²) in [4.78, 5) is 0. The number of benzene rings is 1. The molecule has 1 atom stereocenters. The van der Waals surface area contributed by atoms with Gasteiger partial charge in [0, 0.05) is 6.04 Å². The molecule has 0 aliphatic carbocycles. The van der Waals surface area contributed by atoms with Crippen LogP contribution in [0.3, 0.4) is 0 Å². The molecule has 0 saturated heterocycles. The summed E-state index contributed by atoms with van der Waals surface area (Å²) in [7, 11) is -2.00. The Morgan fingerprint density at radius 2 is 1.95 bits per heavy atom. The van der Waals surface area contributed by atoms with Crippen LogP contribution in [-0.4, -0.2) is 25.7 Å². The number of methoxy groups -OCH3 is 1. The zero-order valence-electron chi connectivity index (χ0n) is 10.6. The average Bonchev–Trinajstić information content (AvgIpc) is 2.93. The van der Waals surface area contributed by atoms with Crippen LogP contribution in [0.1, 0.15) is 18.5 Å². The van der Waals surface area contributed by atoms with Crippen molar-refractivity contribution in [1.29, 1.82) is 0 Å². The molecule has 7 heteroatoms.